The van der Waals surface area contributed by atoms with Gasteiger partial charge in [0.2, 0.25) is 0 Å². The predicted molar refractivity (Wildman–Crippen MR) is 77.2 cm³/mol. The fourth-order valence-electron chi connectivity index (χ4n) is 2.46. The summed E-state index contributed by atoms with van der Waals surface area (Å²) < 4.78 is 5.16. The first kappa shape index (κ1) is 15.2. The Morgan fingerprint density at radius 3 is 2.76 bits per heavy atom. The van der Waals surface area contributed by atoms with Gasteiger partial charge < -0.3 is 19.6 Å². The Kier molecular flexibility index (Phi) is 4.67. The van der Waals surface area contributed by atoms with Gasteiger partial charge in [-0.2, -0.15) is 0 Å². The minimum Gasteiger partial charge on any atom is -0.497 e. The van der Waals surface area contributed by atoms with E-state index in [1.807, 2.05) is 24.3 Å². The number of amides is 2. The summed E-state index contributed by atoms with van der Waals surface area (Å²) in [5, 5.41) is 8.70. The summed E-state index contributed by atoms with van der Waals surface area (Å²) in [7, 11) is 3.35. The second-order valence-corrected chi connectivity index (χ2v) is 5.36. The highest BCUT2D eigenvalue weighted by atomic mass is 16.5. The molecule has 0 saturated carbocycles. The van der Waals surface area contributed by atoms with E-state index in [1.54, 1.807) is 24.0 Å². The summed E-state index contributed by atoms with van der Waals surface area (Å²) in [6.45, 7) is 1.54. The number of hydrogen-bond acceptors (Lipinski definition) is 3. The normalized spacial score (nSPS) is 14.5. The molecule has 0 spiro atoms. The topological polar surface area (TPSA) is 70.1 Å². The lowest BCUT2D eigenvalue weighted by Gasteiger charge is -2.40. The van der Waals surface area contributed by atoms with Crippen molar-refractivity contribution in [3.8, 4) is 5.75 Å². The van der Waals surface area contributed by atoms with Gasteiger partial charge in [-0.1, -0.05) is 12.1 Å². The number of carboxylic acids is 1. The van der Waals surface area contributed by atoms with Crippen molar-refractivity contribution in [1.82, 2.24) is 9.80 Å². The first-order valence-corrected chi connectivity index (χ1v) is 6.84. The molecule has 0 aliphatic carbocycles. The van der Waals surface area contributed by atoms with Gasteiger partial charge in [0.05, 0.1) is 13.5 Å². The van der Waals surface area contributed by atoms with Crippen LogP contribution >= 0.6 is 0 Å². The smallest absolute Gasteiger partial charge is 0.320 e. The van der Waals surface area contributed by atoms with Crippen LogP contribution in [0.2, 0.25) is 0 Å². The van der Waals surface area contributed by atoms with Crippen molar-refractivity contribution in [2.45, 2.75) is 13.0 Å². The van der Waals surface area contributed by atoms with E-state index in [9.17, 15) is 9.59 Å². The van der Waals surface area contributed by atoms with Gasteiger partial charge in [0, 0.05) is 32.6 Å². The van der Waals surface area contributed by atoms with Crippen LogP contribution in [-0.2, 0) is 11.3 Å². The van der Waals surface area contributed by atoms with E-state index in [0.29, 0.717) is 19.6 Å². The maximum atomic E-state index is 12.2. The lowest BCUT2D eigenvalue weighted by atomic mass is 9.97. The average molecular weight is 292 g/mol. The molecule has 0 bridgehead atoms. The Balaban J connectivity index is 1.84. The van der Waals surface area contributed by atoms with Crippen LogP contribution in [0.15, 0.2) is 24.3 Å². The minimum absolute atomic E-state index is 0.0699. The maximum Gasteiger partial charge on any atom is 0.320 e. The molecule has 1 saturated heterocycles. The summed E-state index contributed by atoms with van der Waals surface area (Å²) in [5.74, 6) is 0.0346. The number of rotatable bonds is 5. The van der Waals surface area contributed by atoms with Gasteiger partial charge in [0.1, 0.15) is 5.75 Å². The number of likely N-dealkylation sites (tertiary alicyclic amines) is 1. The molecular formula is C15H20N2O4. The molecule has 6 heteroatoms. The number of carbonyl (C=O) groups is 2. The van der Waals surface area contributed by atoms with Gasteiger partial charge in [-0.05, 0) is 17.7 Å². The van der Waals surface area contributed by atoms with Gasteiger partial charge >= 0.3 is 12.0 Å². The van der Waals surface area contributed by atoms with Crippen molar-refractivity contribution in [1.29, 1.82) is 0 Å². The van der Waals surface area contributed by atoms with Crippen molar-refractivity contribution < 1.29 is 19.4 Å². The third-order valence-electron chi connectivity index (χ3n) is 3.57. The van der Waals surface area contributed by atoms with Gasteiger partial charge in [-0.15, -0.1) is 0 Å². The molecule has 2 amide bonds. The standard InChI is InChI=1S/C15H20N2O4/c1-16(8-11-4-3-5-13(6-11)21-2)15(20)17-9-12(10-17)7-14(18)19/h3-6,12H,7-10H2,1-2H3,(H,18,19). The van der Waals surface area contributed by atoms with Crippen LogP contribution in [0.25, 0.3) is 0 Å². The molecule has 114 valence electrons. The summed E-state index contributed by atoms with van der Waals surface area (Å²) >= 11 is 0. The van der Waals surface area contributed by atoms with E-state index in [-0.39, 0.29) is 18.4 Å². The lowest BCUT2D eigenvalue weighted by molar-refractivity contribution is -0.139. The van der Waals surface area contributed by atoms with Crippen LogP contribution in [-0.4, -0.2) is 54.2 Å². The Morgan fingerprint density at radius 1 is 1.43 bits per heavy atom. The number of urea groups is 1. The highest BCUT2D eigenvalue weighted by molar-refractivity contribution is 5.75. The number of hydrogen-bond donors (Lipinski definition) is 1. The molecule has 21 heavy (non-hydrogen) atoms. The van der Waals surface area contributed by atoms with Gasteiger partial charge in [0.25, 0.3) is 0 Å². The maximum absolute atomic E-state index is 12.2. The zero-order chi connectivity index (χ0) is 15.4. The molecule has 1 aliphatic rings. The number of methoxy groups -OCH3 is 1. The molecule has 1 aliphatic heterocycles. The zero-order valence-electron chi connectivity index (χ0n) is 12.3. The summed E-state index contributed by atoms with van der Waals surface area (Å²) in [5.41, 5.74) is 0.993. The van der Waals surface area contributed by atoms with Crippen molar-refractivity contribution in [2.75, 3.05) is 27.2 Å². The summed E-state index contributed by atoms with van der Waals surface area (Å²) in [6.07, 6.45) is 0.128. The molecule has 0 radical (unpaired) electrons. The van der Waals surface area contributed by atoms with E-state index in [4.69, 9.17) is 9.84 Å². The number of aliphatic carboxylic acids is 1. The fraction of sp³-hybridized carbons (Fsp3) is 0.467. The van der Waals surface area contributed by atoms with Crippen molar-refractivity contribution in [2.24, 2.45) is 5.92 Å². The summed E-state index contributed by atoms with van der Waals surface area (Å²) in [6, 6.07) is 7.51. The van der Waals surface area contributed by atoms with Crippen LogP contribution in [0.1, 0.15) is 12.0 Å². The Morgan fingerprint density at radius 2 is 2.14 bits per heavy atom. The highest BCUT2D eigenvalue weighted by Gasteiger charge is 2.33. The second-order valence-electron chi connectivity index (χ2n) is 5.36. The molecule has 0 aromatic heterocycles. The van der Waals surface area contributed by atoms with Crippen LogP contribution in [0.3, 0.4) is 0 Å². The largest absolute Gasteiger partial charge is 0.497 e. The zero-order valence-corrected chi connectivity index (χ0v) is 12.3. The van der Waals surface area contributed by atoms with Gasteiger partial charge in [-0.25, -0.2) is 4.79 Å². The number of ether oxygens (including phenoxy) is 1. The number of nitrogens with zero attached hydrogens (tertiary/aromatic N) is 2. The molecule has 1 aromatic rings. The van der Waals surface area contributed by atoms with E-state index in [1.165, 1.54) is 0 Å². The van der Waals surface area contributed by atoms with E-state index in [0.717, 1.165) is 11.3 Å². The highest BCUT2D eigenvalue weighted by Crippen LogP contribution is 2.21. The van der Waals surface area contributed by atoms with Gasteiger partial charge in [0.15, 0.2) is 0 Å². The number of carbonyl (C=O) groups excluding carboxylic acids is 1. The quantitative estimate of drug-likeness (QED) is 0.896. The third kappa shape index (κ3) is 3.87. The molecule has 1 heterocycles. The molecule has 1 N–H and O–H groups in total. The predicted octanol–water partition coefficient (Wildman–Crippen LogP) is 1.65. The van der Waals surface area contributed by atoms with Crippen LogP contribution < -0.4 is 4.74 Å². The van der Waals surface area contributed by atoms with Crippen LogP contribution in [0.4, 0.5) is 4.79 Å². The second kappa shape index (κ2) is 6.47. The molecule has 1 aromatic carbocycles. The average Bonchev–Trinajstić information content (AvgIpc) is 2.41. The van der Waals surface area contributed by atoms with Crippen molar-refractivity contribution >= 4 is 12.0 Å². The molecule has 2 rings (SSSR count). The number of carboxylic acid groups (broad SMARTS) is 1. The van der Waals surface area contributed by atoms with E-state index in [2.05, 4.69) is 0 Å². The molecule has 0 unspecified atom stereocenters. The monoisotopic (exact) mass is 292 g/mol. The van der Waals surface area contributed by atoms with Crippen LogP contribution in [0.5, 0.6) is 5.75 Å². The lowest BCUT2D eigenvalue weighted by Crippen LogP contribution is -2.54. The Hall–Kier alpha value is -2.24. The SMILES string of the molecule is COc1cccc(CN(C)C(=O)N2CC(CC(=O)O)C2)c1. The first-order valence-electron chi connectivity index (χ1n) is 6.84. The van der Waals surface area contributed by atoms with Crippen LogP contribution in [0, 0.1) is 5.92 Å². The Bertz CT molecular complexity index is 526. The fourth-order valence-corrected chi connectivity index (χ4v) is 2.46. The van der Waals surface area contributed by atoms with Crippen molar-refractivity contribution in [3.05, 3.63) is 29.8 Å². The first-order chi connectivity index (χ1) is 9.99. The minimum atomic E-state index is -0.808. The van der Waals surface area contributed by atoms with Gasteiger partial charge in [-0.3, -0.25) is 4.79 Å². The van der Waals surface area contributed by atoms with E-state index >= 15 is 0 Å². The molecule has 0 atom stereocenters. The summed E-state index contributed by atoms with van der Waals surface area (Å²) in [4.78, 5) is 26.1. The molecule has 6 nitrogen and oxygen atoms in total. The Labute approximate surface area is 123 Å². The molecule has 1 fully saturated rings. The van der Waals surface area contributed by atoms with Crippen molar-refractivity contribution in [3.63, 3.8) is 0 Å². The number of benzene rings is 1. The van der Waals surface area contributed by atoms with E-state index < -0.39 is 5.97 Å². The third-order valence-corrected chi connectivity index (χ3v) is 3.57. The molecular weight excluding hydrogens is 272 g/mol.